The molecular formula is C16H17NO2. The fourth-order valence-electron chi connectivity index (χ4n) is 2.71. The topological polar surface area (TPSA) is 42.2 Å². The molecule has 1 fully saturated rings. The van der Waals surface area contributed by atoms with Gasteiger partial charge in [0.2, 0.25) is 0 Å². The number of nitrogens with one attached hydrogen (secondary N) is 1. The normalized spacial score (nSPS) is 16.6. The van der Waals surface area contributed by atoms with Gasteiger partial charge in [-0.15, -0.1) is 0 Å². The van der Waals surface area contributed by atoms with E-state index in [1.807, 2.05) is 6.07 Å². The fourth-order valence-corrected chi connectivity index (χ4v) is 2.71. The monoisotopic (exact) mass is 255 g/mol. The predicted molar refractivity (Wildman–Crippen MR) is 73.0 cm³/mol. The highest BCUT2D eigenvalue weighted by atomic mass is 16.3. The first-order chi connectivity index (χ1) is 9.30. The molecule has 2 aromatic rings. The van der Waals surface area contributed by atoms with Gasteiger partial charge in [-0.3, -0.25) is 4.79 Å². The lowest BCUT2D eigenvalue weighted by atomic mass is 9.64. The third-order valence-electron chi connectivity index (χ3n) is 4.07. The zero-order chi connectivity index (χ0) is 13.1. The molecule has 98 valence electrons. The van der Waals surface area contributed by atoms with Gasteiger partial charge in [0.25, 0.3) is 5.91 Å². The molecule has 1 N–H and O–H groups in total. The average molecular weight is 255 g/mol. The molecule has 0 radical (unpaired) electrons. The average Bonchev–Trinajstić information content (AvgIpc) is 2.92. The number of furan rings is 1. The second-order valence-corrected chi connectivity index (χ2v) is 5.19. The molecule has 0 saturated heterocycles. The largest absolute Gasteiger partial charge is 0.472 e. The zero-order valence-corrected chi connectivity index (χ0v) is 10.8. The number of carbonyl (C=O) groups is 1. The van der Waals surface area contributed by atoms with Crippen molar-refractivity contribution in [3.05, 3.63) is 60.1 Å². The first-order valence-electron chi connectivity index (χ1n) is 6.66. The van der Waals surface area contributed by atoms with E-state index in [1.165, 1.54) is 24.5 Å². The van der Waals surface area contributed by atoms with Crippen molar-refractivity contribution in [1.29, 1.82) is 0 Å². The second kappa shape index (κ2) is 4.92. The minimum atomic E-state index is -0.0593. The lowest BCUT2D eigenvalue weighted by Crippen LogP contribution is -2.45. The lowest BCUT2D eigenvalue weighted by molar-refractivity contribution is 0.0927. The van der Waals surface area contributed by atoms with E-state index in [9.17, 15) is 4.79 Å². The maximum absolute atomic E-state index is 12.0. The molecule has 1 aliphatic rings. The Labute approximate surface area is 112 Å². The summed E-state index contributed by atoms with van der Waals surface area (Å²) < 4.78 is 4.93. The van der Waals surface area contributed by atoms with Crippen molar-refractivity contribution in [2.75, 3.05) is 6.54 Å². The van der Waals surface area contributed by atoms with Gasteiger partial charge in [-0.25, -0.2) is 0 Å². The van der Waals surface area contributed by atoms with Crippen LogP contribution in [0, 0.1) is 0 Å². The van der Waals surface area contributed by atoms with Gasteiger partial charge in [-0.2, -0.15) is 0 Å². The van der Waals surface area contributed by atoms with E-state index in [2.05, 4.69) is 29.6 Å². The van der Waals surface area contributed by atoms with Crippen molar-refractivity contribution < 1.29 is 9.21 Å². The van der Waals surface area contributed by atoms with E-state index < -0.39 is 0 Å². The van der Waals surface area contributed by atoms with Crippen molar-refractivity contribution >= 4 is 5.91 Å². The van der Waals surface area contributed by atoms with Gasteiger partial charge in [0.1, 0.15) is 6.26 Å². The predicted octanol–water partition coefficient (Wildman–Crippen LogP) is 3.13. The van der Waals surface area contributed by atoms with Crippen molar-refractivity contribution in [2.24, 2.45) is 0 Å². The molecule has 0 atom stereocenters. The summed E-state index contributed by atoms with van der Waals surface area (Å²) in [6.45, 7) is 0.695. The Morgan fingerprint density at radius 1 is 1.21 bits per heavy atom. The van der Waals surface area contributed by atoms with Crippen molar-refractivity contribution in [2.45, 2.75) is 24.7 Å². The van der Waals surface area contributed by atoms with Crippen LogP contribution in [0.3, 0.4) is 0 Å². The molecule has 1 aliphatic carbocycles. The van der Waals surface area contributed by atoms with Gasteiger partial charge >= 0.3 is 0 Å². The Morgan fingerprint density at radius 3 is 2.58 bits per heavy atom. The smallest absolute Gasteiger partial charge is 0.254 e. The Bertz CT molecular complexity index is 541. The molecule has 1 heterocycles. The molecule has 19 heavy (non-hydrogen) atoms. The Kier molecular flexibility index (Phi) is 3.11. The maximum Gasteiger partial charge on any atom is 0.254 e. The first kappa shape index (κ1) is 12.0. The first-order valence-corrected chi connectivity index (χ1v) is 6.66. The van der Waals surface area contributed by atoms with Gasteiger partial charge in [-0.05, 0) is 24.5 Å². The van der Waals surface area contributed by atoms with Gasteiger partial charge in [0.05, 0.1) is 11.8 Å². The molecule has 3 rings (SSSR count). The summed E-state index contributed by atoms with van der Waals surface area (Å²) in [5.74, 6) is -0.0593. The molecule has 3 nitrogen and oxygen atoms in total. The molecule has 1 aromatic carbocycles. The molecule has 3 heteroatoms. The van der Waals surface area contributed by atoms with Crippen LogP contribution in [0.1, 0.15) is 35.2 Å². The minimum Gasteiger partial charge on any atom is -0.472 e. The lowest BCUT2D eigenvalue weighted by Gasteiger charge is -2.42. The summed E-state index contributed by atoms with van der Waals surface area (Å²) in [5.41, 5.74) is 2.04. The van der Waals surface area contributed by atoms with Crippen LogP contribution in [0.4, 0.5) is 0 Å². The van der Waals surface area contributed by atoms with E-state index >= 15 is 0 Å². The van der Waals surface area contributed by atoms with Crippen LogP contribution in [0.25, 0.3) is 0 Å². The molecule has 0 unspecified atom stereocenters. The summed E-state index contributed by atoms with van der Waals surface area (Å²) in [7, 11) is 0. The molecular weight excluding hydrogens is 238 g/mol. The summed E-state index contributed by atoms with van der Waals surface area (Å²) in [4.78, 5) is 12.0. The number of benzene rings is 1. The number of hydrogen-bond donors (Lipinski definition) is 1. The number of carbonyl (C=O) groups excluding carboxylic acids is 1. The van der Waals surface area contributed by atoms with E-state index in [4.69, 9.17) is 4.42 Å². The van der Waals surface area contributed by atoms with Crippen LogP contribution in [0.5, 0.6) is 0 Å². The molecule has 0 aliphatic heterocycles. The zero-order valence-electron chi connectivity index (χ0n) is 10.8. The van der Waals surface area contributed by atoms with Gasteiger partial charge in [-0.1, -0.05) is 36.8 Å². The van der Waals surface area contributed by atoms with Crippen LogP contribution in [-0.4, -0.2) is 12.5 Å². The number of amides is 1. The molecule has 1 amide bonds. The standard InChI is InChI=1S/C16H17NO2/c18-15(13-7-10-19-11-13)17-12-16(8-4-9-16)14-5-2-1-3-6-14/h1-3,5-7,10-11H,4,8-9,12H2,(H,17,18). The Hall–Kier alpha value is -2.03. The van der Waals surface area contributed by atoms with E-state index in [0.29, 0.717) is 12.1 Å². The van der Waals surface area contributed by atoms with Crippen LogP contribution < -0.4 is 5.32 Å². The van der Waals surface area contributed by atoms with Crippen LogP contribution in [-0.2, 0) is 5.41 Å². The van der Waals surface area contributed by atoms with Crippen LogP contribution >= 0.6 is 0 Å². The summed E-state index contributed by atoms with van der Waals surface area (Å²) >= 11 is 0. The summed E-state index contributed by atoms with van der Waals surface area (Å²) in [6.07, 6.45) is 6.51. The van der Waals surface area contributed by atoms with Gasteiger partial charge < -0.3 is 9.73 Å². The van der Waals surface area contributed by atoms with Crippen LogP contribution in [0.15, 0.2) is 53.3 Å². The second-order valence-electron chi connectivity index (χ2n) is 5.19. The highest BCUT2D eigenvalue weighted by Gasteiger charge is 2.38. The maximum atomic E-state index is 12.0. The Balaban J connectivity index is 1.69. The third-order valence-corrected chi connectivity index (χ3v) is 4.07. The van der Waals surface area contributed by atoms with Crippen molar-refractivity contribution in [3.63, 3.8) is 0 Å². The van der Waals surface area contributed by atoms with E-state index in [0.717, 1.165) is 12.8 Å². The highest BCUT2D eigenvalue weighted by Crippen LogP contribution is 2.43. The van der Waals surface area contributed by atoms with Gasteiger partial charge in [0, 0.05) is 12.0 Å². The van der Waals surface area contributed by atoms with Crippen molar-refractivity contribution in [1.82, 2.24) is 5.32 Å². The fraction of sp³-hybridized carbons (Fsp3) is 0.312. The van der Waals surface area contributed by atoms with Gasteiger partial charge in [0.15, 0.2) is 0 Å². The third kappa shape index (κ3) is 2.28. The Morgan fingerprint density at radius 2 is 2.00 bits per heavy atom. The number of rotatable bonds is 4. The molecule has 1 saturated carbocycles. The SMILES string of the molecule is O=C(NCC1(c2ccccc2)CCC1)c1ccoc1. The molecule has 1 aromatic heterocycles. The molecule has 0 bridgehead atoms. The number of hydrogen-bond acceptors (Lipinski definition) is 2. The molecule has 0 spiro atoms. The quantitative estimate of drug-likeness (QED) is 0.912. The summed E-state index contributed by atoms with van der Waals surface area (Å²) in [5, 5.41) is 3.03. The van der Waals surface area contributed by atoms with E-state index in [-0.39, 0.29) is 11.3 Å². The summed E-state index contributed by atoms with van der Waals surface area (Å²) in [6, 6.07) is 12.2. The van der Waals surface area contributed by atoms with Crippen LogP contribution in [0.2, 0.25) is 0 Å². The highest BCUT2D eigenvalue weighted by molar-refractivity contribution is 5.93. The van der Waals surface area contributed by atoms with Crippen molar-refractivity contribution in [3.8, 4) is 0 Å². The van der Waals surface area contributed by atoms with E-state index in [1.54, 1.807) is 6.07 Å². The minimum absolute atomic E-state index is 0.0593.